The summed E-state index contributed by atoms with van der Waals surface area (Å²) < 4.78 is 5.49. The Morgan fingerprint density at radius 1 is 1.59 bits per heavy atom. The largest absolute Gasteiger partial charge is 0.365 e. The lowest BCUT2D eigenvalue weighted by molar-refractivity contribution is -0.133. The van der Waals surface area contributed by atoms with Crippen LogP contribution in [0.2, 0.25) is 0 Å². The van der Waals surface area contributed by atoms with E-state index in [0.717, 1.165) is 24.1 Å². The molecule has 17 heavy (non-hydrogen) atoms. The van der Waals surface area contributed by atoms with Gasteiger partial charge in [0.05, 0.1) is 0 Å². The summed E-state index contributed by atoms with van der Waals surface area (Å²) in [4.78, 5) is 12.1. The number of carbonyl (C=O) groups is 1. The van der Waals surface area contributed by atoms with Crippen LogP contribution in [0.25, 0.3) is 0 Å². The van der Waals surface area contributed by atoms with E-state index in [1.807, 2.05) is 31.2 Å². The van der Waals surface area contributed by atoms with Crippen LogP contribution in [0.1, 0.15) is 25.3 Å². The molecule has 0 aromatic heterocycles. The molecule has 1 aliphatic rings. The second kappa shape index (κ2) is 4.85. The lowest BCUT2D eigenvalue weighted by atomic mass is 10.0. The van der Waals surface area contributed by atoms with Crippen molar-refractivity contribution in [1.82, 2.24) is 0 Å². The number of benzene rings is 1. The fraction of sp³-hybridized carbons (Fsp3) is 0.462. The molecule has 1 amide bonds. The zero-order valence-electron chi connectivity index (χ0n) is 10.0. The van der Waals surface area contributed by atoms with Crippen molar-refractivity contribution in [1.29, 1.82) is 0 Å². The molecule has 1 atom stereocenters. The molecule has 4 heteroatoms. The first kappa shape index (κ1) is 12.1. The van der Waals surface area contributed by atoms with Crippen LogP contribution in [0.3, 0.4) is 0 Å². The van der Waals surface area contributed by atoms with E-state index in [9.17, 15) is 4.79 Å². The average Bonchev–Trinajstić information content (AvgIpc) is 2.78. The summed E-state index contributed by atoms with van der Waals surface area (Å²) >= 11 is 0. The maximum absolute atomic E-state index is 12.1. The number of carbonyl (C=O) groups excluding carboxylic acids is 1. The number of rotatable bonds is 3. The van der Waals surface area contributed by atoms with E-state index >= 15 is 0 Å². The summed E-state index contributed by atoms with van der Waals surface area (Å²) in [5.74, 6) is -0.0795. The van der Waals surface area contributed by atoms with E-state index in [4.69, 9.17) is 10.5 Å². The fourth-order valence-corrected chi connectivity index (χ4v) is 2.00. The molecule has 1 aromatic carbocycles. The monoisotopic (exact) mass is 234 g/mol. The Morgan fingerprint density at radius 3 is 3.06 bits per heavy atom. The van der Waals surface area contributed by atoms with Crippen LogP contribution in [0.4, 0.5) is 5.69 Å². The van der Waals surface area contributed by atoms with Crippen LogP contribution in [-0.4, -0.2) is 18.1 Å². The molecule has 0 radical (unpaired) electrons. The van der Waals surface area contributed by atoms with Crippen molar-refractivity contribution in [3.8, 4) is 0 Å². The van der Waals surface area contributed by atoms with Gasteiger partial charge in [0.1, 0.15) is 5.60 Å². The molecule has 1 unspecified atom stereocenters. The van der Waals surface area contributed by atoms with Crippen LogP contribution in [0.5, 0.6) is 0 Å². The minimum absolute atomic E-state index is 0.0795. The minimum Gasteiger partial charge on any atom is -0.365 e. The van der Waals surface area contributed by atoms with Crippen molar-refractivity contribution < 1.29 is 9.53 Å². The summed E-state index contributed by atoms with van der Waals surface area (Å²) in [5, 5.41) is 2.88. The van der Waals surface area contributed by atoms with Gasteiger partial charge in [-0.15, -0.1) is 0 Å². The SMILES string of the molecule is CC1(C(=O)Nc2cccc(CN)c2)CCCO1. The van der Waals surface area contributed by atoms with Gasteiger partial charge in [0.15, 0.2) is 0 Å². The molecule has 0 bridgehead atoms. The molecule has 1 saturated heterocycles. The highest BCUT2D eigenvalue weighted by molar-refractivity contribution is 5.97. The van der Waals surface area contributed by atoms with Crippen molar-refractivity contribution in [3.63, 3.8) is 0 Å². The van der Waals surface area contributed by atoms with Gasteiger partial charge < -0.3 is 15.8 Å². The van der Waals surface area contributed by atoms with E-state index in [0.29, 0.717) is 13.2 Å². The highest BCUT2D eigenvalue weighted by Crippen LogP contribution is 2.26. The molecule has 92 valence electrons. The molecule has 1 aromatic rings. The standard InChI is InChI=1S/C13H18N2O2/c1-13(6-3-7-17-13)12(16)15-11-5-2-4-10(8-11)9-14/h2,4-5,8H,3,6-7,9,14H2,1H3,(H,15,16). The van der Waals surface area contributed by atoms with Crippen LogP contribution in [-0.2, 0) is 16.1 Å². The number of hydrogen-bond donors (Lipinski definition) is 2. The predicted octanol–water partition coefficient (Wildman–Crippen LogP) is 1.65. The Labute approximate surface area is 101 Å². The van der Waals surface area contributed by atoms with E-state index in [1.54, 1.807) is 0 Å². The maximum atomic E-state index is 12.1. The lowest BCUT2D eigenvalue weighted by Crippen LogP contribution is -2.39. The van der Waals surface area contributed by atoms with Gasteiger partial charge in [-0.25, -0.2) is 0 Å². The molecule has 1 aliphatic heterocycles. The number of nitrogens with one attached hydrogen (secondary N) is 1. The van der Waals surface area contributed by atoms with E-state index in [1.165, 1.54) is 0 Å². The van der Waals surface area contributed by atoms with Crippen molar-refractivity contribution in [2.24, 2.45) is 5.73 Å². The zero-order valence-corrected chi connectivity index (χ0v) is 10.0. The summed E-state index contributed by atoms with van der Waals surface area (Å²) in [6.45, 7) is 2.96. The third-order valence-electron chi connectivity index (χ3n) is 3.12. The van der Waals surface area contributed by atoms with Crippen LogP contribution < -0.4 is 11.1 Å². The smallest absolute Gasteiger partial charge is 0.256 e. The average molecular weight is 234 g/mol. The summed E-state index contributed by atoms with van der Waals surface area (Å²) in [6, 6.07) is 7.56. The van der Waals surface area contributed by atoms with Gasteiger partial charge in [-0.05, 0) is 37.5 Å². The van der Waals surface area contributed by atoms with Gasteiger partial charge in [0, 0.05) is 18.8 Å². The van der Waals surface area contributed by atoms with Crippen LogP contribution >= 0.6 is 0 Å². The first-order valence-electron chi connectivity index (χ1n) is 5.88. The van der Waals surface area contributed by atoms with Crippen molar-refractivity contribution in [2.75, 3.05) is 11.9 Å². The van der Waals surface area contributed by atoms with E-state index in [-0.39, 0.29) is 5.91 Å². The summed E-state index contributed by atoms with van der Waals surface area (Å²) in [5.41, 5.74) is 6.65. The highest BCUT2D eigenvalue weighted by atomic mass is 16.5. The first-order valence-corrected chi connectivity index (χ1v) is 5.88. The Hall–Kier alpha value is -1.39. The molecule has 4 nitrogen and oxygen atoms in total. The predicted molar refractivity (Wildman–Crippen MR) is 66.6 cm³/mol. The second-order valence-corrected chi connectivity index (χ2v) is 4.54. The topological polar surface area (TPSA) is 64.4 Å². The van der Waals surface area contributed by atoms with E-state index in [2.05, 4.69) is 5.32 Å². The highest BCUT2D eigenvalue weighted by Gasteiger charge is 2.37. The molecule has 0 saturated carbocycles. The Balaban J connectivity index is 2.07. The maximum Gasteiger partial charge on any atom is 0.256 e. The van der Waals surface area contributed by atoms with Crippen molar-refractivity contribution >= 4 is 11.6 Å². The fourth-order valence-electron chi connectivity index (χ4n) is 2.00. The second-order valence-electron chi connectivity index (χ2n) is 4.54. The van der Waals surface area contributed by atoms with Gasteiger partial charge in [-0.2, -0.15) is 0 Å². The Bertz CT molecular complexity index is 412. The third-order valence-corrected chi connectivity index (χ3v) is 3.12. The van der Waals surface area contributed by atoms with Gasteiger partial charge in [0.25, 0.3) is 5.91 Å². The van der Waals surface area contributed by atoms with Gasteiger partial charge in [-0.1, -0.05) is 12.1 Å². The van der Waals surface area contributed by atoms with Gasteiger partial charge in [-0.3, -0.25) is 4.79 Å². The molecule has 1 heterocycles. The summed E-state index contributed by atoms with van der Waals surface area (Å²) in [7, 11) is 0. The molecule has 0 spiro atoms. The summed E-state index contributed by atoms with van der Waals surface area (Å²) in [6.07, 6.45) is 1.71. The molecular formula is C13H18N2O2. The van der Waals surface area contributed by atoms with Crippen LogP contribution in [0.15, 0.2) is 24.3 Å². The lowest BCUT2D eigenvalue weighted by Gasteiger charge is -2.22. The van der Waals surface area contributed by atoms with Crippen molar-refractivity contribution in [3.05, 3.63) is 29.8 Å². The number of hydrogen-bond acceptors (Lipinski definition) is 3. The van der Waals surface area contributed by atoms with Gasteiger partial charge >= 0.3 is 0 Å². The molecule has 1 fully saturated rings. The molecule has 3 N–H and O–H groups in total. The molecule has 2 rings (SSSR count). The Morgan fingerprint density at radius 2 is 2.41 bits per heavy atom. The first-order chi connectivity index (χ1) is 8.14. The van der Waals surface area contributed by atoms with Gasteiger partial charge in [0.2, 0.25) is 0 Å². The minimum atomic E-state index is -0.682. The molecular weight excluding hydrogens is 216 g/mol. The Kier molecular flexibility index (Phi) is 3.45. The quantitative estimate of drug-likeness (QED) is 0.835. The van der Waals surface area contributed by atoms with Crippen LogP contribution in [0, 0.1) is 0 Å². The number of ether oxygens (including phenoxy) is 1. The zero-order chi connectivity index (χ0) is 12.3. The van der Waals surface area contributed by atoms with E-state index < -0.39 is 5.60 Å². The molecule has 0 aliphatic carbocycles. The number of nitrogens with two attached hydrogens (primary N) is 1. The van der Waals surface area contributed by atoms with Crippen molar-refractivity contribution in [2.45, 2.75) is 31.9 Å². The number of amides is 1. The number of anilines is 1. The third kappa shape index (κ3) is 2.65. The normalized spacial score (nSPS) is 23.6.